The van der Waals surface area contributed by atoms with Gasteiger partial charge in [-0.25, -0.2) is 4.98 Å². The molecule has 0 aromatic carbocycles. The average molecular weight is 321 g/mol. The summed E-state index contributed by atoms with van der Waals surface area (Å²) in [5.74, 6) is -0.0132. The fraction of sp³-hybridized carbons (Fsp3) is 0.765. The molecule has 2 fully saturated rings. The fourth-order valence-electron chi connectivity index (χ4n) is 4.18. The first kappa shape index (κ1) is 16.5. The van der Waals surface area contributed by atoms with Crippen LogP contribution in [0.15, 0.2) is 17.1 Å². The summed E-state index contributed by atoms with van der Waals surface area (Å²) in [6.45, 7) is 8.02. The van der Waals surface area contributed by atoms with E-state index in [0.29, 0.717) is 23.2 Å². The van der Waals surface area contributed by atoms with Crippen molar-refractivity contribution in [3.05, 3.63) is 18.4 Å². The summed E-state index contributed by atoms with van der Waals surface area (Å²) in [7, 11) is 1.78. The molecule has 1 aromatic heterocycles. The summed E-state index contributed by atoms with van der Waals surface area (Å²) in [6, 6.07) is 1.03. The maximum Gasteiger partial charge on any atom is 0.275 e. The maximum atomic E-state index is 12.4. The zero-order valence-corrected chi connectivity index (χ0v) is 14.3. The van der Waals surface area contributed by atoms with Gasteiger partial charge in [0.1, 0.15) is 6.26 Å². The molecule has 1 amide bonds. The first-order valence-corrected chi connectivity index (χ1v) is 8.47. The minimum Gasteiger partial charge on any atom is -0.451 e. The van der Waals surface area contributed by atoms with Gasteiger partial charge in [-0.1, -0.05) is 0 Å². The maximum absolute atomic E-state index is 12.4. The number of hydrogen-bond donors (Lipinski definition) is 0. The van der Waals surface area contributed by atoms with Gasteiger partial charge in [0.05, 0.1) is 6.61 Å². The van der Waals surface area contributed by atoms with Gasteiger partial charge >= 0.3 is 0 Å². The Balaban J connectivity index is 1.63. The molecule has 6 nitrogen and oxygen atoms in total. The van der Waals surface area contributed by atoms with Gasteiger partial charge in [-0.15, -0.1) is 0 Å². The highest BCUT2D eigenvalue weighted by Crippen LogP contribution is 2.44. The minimum absolute atomic E-state index is 0.0132. The lowest BCUT2D eigenvalue weighted by Gasteiger charge is -2.39. The van der Waals surface area contributed by atoms with Crippen LogP contribution in [0.3, 0.4) is 0 Å². The second-order valence-corrected chi connectivity index (χ2v) is 7.25. The molecule has 3 heterocycles. The monoisotopic (exact) mass is 321 g/mol. The number of likely N-dealkylation sites (tertiary alicyclic amines) is 2. The Bertz CT molecular complexity index is 521. The quantitative estimate of drug-likeness (QED) is 0.849. The number of amides is 1. The van der Waals surface area contributed by atoms with E-state index in [2.05, 4.69) is 23.7 Å². The second-order valence-electron chi connectivity index (χ2n) is 7.25. The van der Waals surface area contributed by atoms with Crippen LogP contribution in [-0.2, 0) is 4.74 Å². The number of carbonyl (C=O) groups is 1. The van der Waals surface area contributed by atoms with E-state index < -0.39 is 0 Å². The summed E-state index contributed by atoms with van der Waals surface area (Å²) in [5.41, 5.74) is 0.738. The third-order valence-corrected chi connectivity index (χ3v) is 5.44. The van der Waals surface area contributed by atoms with Gasteiger partial charge < -0.3 is 14.1 Å². The molecule has 2 saturated heterocycles. The van der Waals surface area contributed by atoms with Gasteiger partial charge in [-0.2, -0.15) is 0 Å². The Morgan fingerprint density at radius 2 is 2.22 bits per heavy atom. The van der Waals surface area contributed by atoms with Crippen LogP contribution in [0.4, 0.5) is 0 Å². The van der Waals surface area contributed by atoms with Crippen LogP contribution in [-0.4, -0.2) is 66.1 Å². The molecular formula is C17H27N3O3. The van der Waals surface area contributed by atoms with Crippen molar-refractivity contribution in [1.82, 2.24) is 14.8 Å². The molecule has 1 aromatic rings. The lowest BCUT2D eigenvalue weighted by atomic mass is 9.76. The van der Waals surface area contributed by atoms with Gasteiger partial charge in [-0.3, -0.25) is 9.69 Å². The predicted molar refractivity (Wildman–Crippen MR) is 86.2 cm³/mol. The molecule has 0 radical (unpaired) electrons. The number of nitrogens with zero attached hydrogens (tertiary/aromatic N) is 3. The summed E-state index contributed by atoms with van der Waals surface area (Å²) in [6.07, 6.45) is 6.02. The van der Waals surface area contributed by atoms with Crippen molar-refractivity contribution < 1.29 is 13.9 Å². The van der Waals surface area contributed by atoms with Crippen molar-refractivity contribution in [3.63, 3.8) is 0 Å². The SMILES string of the molecule is COC[C@@H]1CC2(CCN(C(=O)c3cocn3)CC2)CN1C(C)C. The number of oxazole rings is 1. The van der Waals surface area contributed by atoms with Crippen molar-refractivity contribution >= 4 is 5.91 Å². The van der Waals surface area contributed by atoms with E-state index in [1.807, 2.05) is 4.90 Å². The Labute approximate surface area is 137 Å². The lowest BCUT2D eigenvalue weighted by Crippen LogP contribution is -2.45. The molecule has 1 atom stereocenters. The molecule has 6 heteroatoms. The van der Waals surface area contributed by atoms with Crippen molar-refractivity contribution in [2.24, 2.45) is 5.41 Å². The standard InChI is InChI=1S/C17H27N3O3/c1-13(2)20-11-17(8-14(20)9-22-3)4-6-19(7-5-17)16(21)15-10-23-12-18-15/h10,12-14H,4-9,11H2,1-3H3/t14-/m0/s1. The number of ether oxygens (including phenoxy) is 1. The van der Waals surface area contributed by atoms with Crippen LogP contribution >= 0.6 is 0 Å². The van der Waals surface area contributed by atoms with Crippen molar-refractivity contribution in [2.75, 3.05) is 33.4 Å². The largest absolute Gasteiger partial charge is 0.451 e. The highest BCUT2D eigenvalue weighted by molar-refractivity contribution is 5.91. The normalized spacial score (nSPS) is 24.7. The van der Waals surface area contributed by atoms with Crippen LogP contribution in [0.2, 0.25) is 0 Å². The first-order chi connectivity index (χ1) is 11.0. The van der Waals surface area contributed by atoms with Crippen LogP contribution in [0, 0.1) is 5.41 Å². The van der Waals surface area contributed by atoms with E-state index in [-0.39, 0.29) is 5.91 Å². The zero-order valence-electron chi connectivity index (χ0n) is 14.3. The number of carbonyl (C=O) groups excluding carboxylic acids is 1. The van der Waals surface area contributed by atoms with Crippen LogP contribution in [0.5, 0.6) is 0 Å². The molecule has 0 bridgehead atoms. The third-order valence-electron chi connectivity index (χ3n) is 5.44. The average Bonchev–Trinajstić information content (AvgIpc) is 3.17. The van der Waals surface area contributed by atoms with Crippen molar-refractivity contribution in [1.29, 1.82) is 0 Å². The summed E-state index contributed by atoms with van der Waals surface area (Å²) in [4.78, 5) is 20.8. The molecule has 1 spiro atoms. The summed E-state index contributed by atoms with van der Waals surface area (Å²) >= 11 is 0. The molecule has 2 aliphatic rings. The van der Waals surface area contributed by atoms with Gasteiger partial charge in [0.15, 0.2) is 12.1 Å². The molecule has 128 valence electrons. The molecule has 3 rings (SSSR count). The Kier molecular flexibility index (Phi) is 4.73. The van der Waals surface area contributed by atoms with E-state index in [1.165, 1.54) is 19.1 Å². The molecule has 2 aliphatic heterocycles. The number of rotatable bonds is 4. The van der Waals surface area contributed by atoms with E-state index in [0.717, 1.165) is 39.1 Å². The molecule has 0 N–H and O–H groups in total. The Morgan fingerprint density at radius 3 is 2.78 bits per heavy atom. The number of aromatic nitrogens is 1. The number of piperidine rings is 1. The molecule has 0 saturated carbocycles. The van der Waals surface area contributed by atoms with Crippen LogP contribution in [0.1, 0.15) is 43.6 Å². The Morgan fingerprint density at radius 1 is 1.48 bits per heavy atom. The van der Waals surface area contributed by atoms with Gasteiger partial charge in [-0.05, 0) is 38.5 Å². The van der Waals surface area contributed by atoms with E-state index in [9.17, 15) is 4.79 Å². The van der Waals surface area contributed by atoms with Gasteiger partial charge in [0, 0.05) is 38.8 Å². The minimum atomic E-state index is -0.0132. The fourth-order valence-corrected chi connectivity index (χ4v) is 4.18. The Hall–Kier alpha value is -1.40. The third kappa shape index (κ3) is 3.28. The van der Waals surface area contributed by atoms with Gasteiger partial charge in [0.2, 0.25) is 0 Å². The zero-order chi connectivity index (χ0) is 16.4. The van der Waals surface area contributed by atoms with E-state index in [4.69, 9.17) is 9.15 Å². The first-order valence-electron chi connectivity index (χ1n) is 8.47. The highest BCUT2D eigenvalue weighted by atomic mass is 16.5. The van der Waals surface area contributed by atoms with E-state index in [1.54, 1.807) is 7.11 Å². The summed E-state index contributed by atoms with van der Waals surface area (Å²) < 4.78 is 10.3. The topological polar surface area (TPSA) is 58.8 Å². The number of hydrogen-bond acceptors (Lipinski definition) is 5. The molecule has 0 aliphatic carbocycles. The van der Waals surface area contributed by atoms with Crippen molar-refractivity contribution in [3.8, 4) is 0 Å². The van der Waals surface area contributed by atoms with Crippen LogP contribution < -0.4 is 0 Å². The predicted octanol–water partition coefficient (Wildman–Crippen LogP) is 2.03. The number of methoxy groups -OCH3 is 1. The molecular weight excluding hydrogens is 294 g/mol. The van der Waals surface area contributed by atoms with Crippen LogP contribution in [0.25, 0.3) is 0 Å². The molecule has 0 unspecified atom stereocenters. The highest BCUT2D eigenvalue weighted by Gasteiger charge is 2.46. The van der Waals surface area contributed by atoms with Gasteiger partial charge in [0.25, 0.3) is 5.91 Å². The molecule has 23 heavy (non-hydrogen) atoms. The lowest BCUT2D eigenvalue weighted by molar-refractivity contribution is 0.0576. The van der Waals surface area contributed by atoms with Crippen molar-refractivity contribution in [2.45, 2.75) is 45.2 Å². The van der Waals surface area contributed by atoms with E-state index >= 15 is 0 Å². The second kappa shape index (κ2) is 6.61. The smallest absolute Gasteiger partial charge is 0.275 e. The summed E-state index contributed by atoms with van der Waals surface area (Å²) in [5, 5.41) is 0.